The van der Waals surface area contributed by atoms with Crippen LogP contribution in [-0.2, 0) is 10.8 Å². The average Bonchev–Trinajstić information content (AvgIpc) is 3.42. The summed E-state index contributed by atoms with van der Waals surface area (Å²) in [7, 11) is 2.54. The minimum absolute atomic E-state index is 0.0397. The normalized spacial score (nSPS) is 19.7. The fourth-order valence-corrected chi connectivity index (χ4v) is 10.1. The van der Waals surface area contributed by atoms with Gasteiger partial charge in [-0.25, -0.2) is 0 Å². The summed E-state index contributed by atoms with van der Waals surface area (Å²) in [4.78, 5) is 2.83. The molecule has 0 aromatic heterocycles. The number of fused-ring (bicyclic) bond motifs is 7. The fraction of sp³-hybridized carbons (Fsp3) is 0.231. The number of rotatable bonds is 5. The van der Waals surface area contributed by atoms with Crippen molar-refractivity contribution < 1.29 is 0 Å². The molecule has 2 aliphatic heterocycles. The van der Waals surface area contributed by atoms with Crippen LogP contribution in [0, 0.1) is 0 Å². The molecule has 0 bridgehead atoms. The molecule has 2 atom stereocenters. The molecular formula is C52H48BN2. The highest BCUT2D eigenvalue weighted by molar-refractivity contribution is 6.74. The van der Waals surface area contributed by atoms with E-state index in [0.29, 0.717) is 0 Å². The summed E-state index contributed by atoms with van der Waals surface area (Å²) in [5.41, 5.74) is 18.0. The molecule has 0 amide bonds. The second kappa shape index (κ2) is 12.5. The number of hydrogen-bond acceptors (Lipinski definition) is 2. The van der Waals surface area contributed by atoms with E-state index in [1.807, 2.05) is 0 Å². The highest BCUT2D eigenvalue weighted by atomic mass is 15.3. The number of anilines is 4. The lowest BCUT2D eigenvalue weighted by molar-refractivity contribution is 0.195. The molecule has 0 spiro atoms. The molecule has 1 saturated carbocycles. The highest BCUT2D eigenvalue weighted by Gasteiger charge is 2.59. The van der Waals surface area contributed by atoms with Crippen LogP contribution in [0.15, 0.2) is 146 Å². The van der Waals surface area contributed by atoms with E-state index in [4.69, 9.17) is 0 Å². The standard InChI is InChI=1S/C52H48BN2/c1-50(2,3)39-32-44-49-45(33-39)53-47-43(30-38-20-12-13-21-41(38)48(47)55(49)52(5)29-15-14-28-51(44,52)4)42-27-24-37(35-18-10-7-11-19-35)31-46(42)54-40-25-22-36(23-26-40)34-16-8-6-9-17-34/h6-13,16-27,30-33,54H,14-15,28-29H2,1-5H3. The summed E-state index contributed by atoms with van der Waals surface area (Å²) >= 11 is 0. The molecule has 1 radical (unpaired) electrons. The Bertz CT molecular complexity index is 2600. The average molecular weight is 712 g/mol. The molecule has 7 aromatic rings. The minimum Gasteiger partial charge on any atom is -0.355 e. The fourth-order valence-electron chi connectivity index (χ4n) is 10.1. The van der Waals surface area contributed by atoms with Gasteiger partial charge in [-0.1, -0.05) is 167 Å². The van der Waals surface area contributed by atoms with Gasteiger partial charge in [-0.3, -0.25) is 0 Å². The van der Waals surface area contributed by atoms with Gasteiger partial charge in [0.15, 0.2) is 7.28 Å². The predicted molar refractivity (Wildman–Crippen MR) is 237 cm³/mol. The monoisotopic (exact) mass is 711 g/mol. The van der Waals surface area contributed by atoms with Crippen LogP contribution in [0.5, 0.6) is 0 Å². The lowest BCUT2D eigenvalue weighted by Gasteiger charge is -2.51. The molecule has 3 heteroatoms. The molecule has 7 aromatic carbocycles. The number of nitrogens with zero attached hydrogens (tertiary/aromatic N) is 1. The van der Waals surface area contributed by atoms with Crippen LogP contribution in [0.4, 0.5) is 22.7 Å². The molecule has 3 aliphatic rings. The summed E-state index contributed by atoms with van der Waals surface area (Å²) in [6.45, 7) is 12.2. The molecule has 55 heavy (non-hydrogen) atoms. The molecule has 2 unspecified atom stereocenters. The van der Waals surface area contributed by atoms with Crippen molar-refractivity contribution in [3.8, 4) is 33.4 Å². The number of nitrogens with one attached hydrogen (secondary N) is 1. The van der Waals surface area contributed by atoms with Crippen LogP contribution in [0.3, 0.4) is 0 Å². The summed E-state index contributed by atoms with van der Waals surface area (Å²) in [5, 5.41) is 6.54. The summed E-state index contributed by atoms with van der Waals surface area (Å²) in [6.07, 6.45) is 4.93. The zero-order chi connectivity index (χ0) is 37.5. The molecule has 269 valence electrons. The first-order valence-corrected chi connectivity index (χ1v) is 20.1. The summed E-state index contributed by atoms with van der Waals surface area (Å²) in [6, 6.07) is 53.9. The molecule has 1 N–H and O–H groups in total. The van der Waals surface area contributed by atoms with Gasteiger partial charge in [0.05, 0.1) is 5.54 Å². The Morgan fingerprint density at radius 3 is 1.96 bits per heavy atom. The van der Waals surface area contributed by atoms with Crippen molar-refractivity contribution in [1.29, 1.82) is 0 Å². The lowest BCUT2D eigenvalue weighted by Crippen LogP contribution is -2.57. The Balaban J connectivity index is 1.20. The quantitative estimate of drug-likeness (QED) is 0.179. The third kappa shape index (κ3) is 5.30. The van der Waals surface area contributed by atoms with Gasteiger partial charge in [-0.2, -0.15) is 0 Å². The maximum atomic E-state index is 3.93. The van der Waals surface area contributed by atoms with Crippen LogP contribution >= 0.6 is 0 Å². The van der Waals surface area contributed by atoms with Crippen molar-refractivity contribution in [3.63, 3.8) is 0 Å². The Morgan fingerprint density at radius 1 is 0.600 bits per heavy atom. The van der Waals surface area contributed by atoms with E-state index in [1.165, 1.54) is 97.7 Å². The van der Waals surface area contributed by atoms with Gasteiger partial charge in [0.2, 0.25) is 0 Å². The molecule has 0 saturated heterocycles. The van der Waals surface area contributed by atoms with Gasteiger partial charge >= 0.3 is 0 Å². The van der Waals surface area contributed by atoms with Crippen molar-refractivity contribution >= 4 is 51.7 Å². The van der Waals surface area contributed by atoms with Gasteiger partial charge < -0.3 is 10.2 Å². The van der Waals surface area contributed by atoms with Crippen molar-refractivity contribution in [2.75, 3.05) is 10.2 Å². The van der Waals surface area contributed by atoms with Crippen LogP contribution in [0.25, 0.3) is 44.2 Å². The Kier molecular flexibility index (Phi) is 7.72. The Hall–Kier alpha value is -5.54. The largest absolute Gasteiger partial charge is 0.355 e. The predicted octanol–water partition coefficient (Wildman–Crippen LogP) is 12.6. The third-order valence-corrected chi connectivity index (χ3v) is 13.4. The third-order valence-electron chi connectivity index (χ3n) is 13.4. The highest BCUT2D eigenvalue weighted by Crippen LogP contribution is 2.62. The minimum atomic E-state index is -0.0397. The van der Waals surface area contributed by atoms with Crippen molar-refractivity contribution in [2.45, 2.75) is 76.7 Å². The van der Waals surface area contributed by atoms with Crippen molar-refractivity contribution in [1.82, 2.24) is 0 Å². The first kappa shape index (κ1) is 34.0. The molecule has 10 rings (SSSR count). The van der Waals surface area contributed by atoms with E-state index in [-0.39, 0.29) is 16.4 Å². The van der Waals surface area contributed by atoms with Gasteiger partial charge in [0.25, 0.3) is 0 Å². The van der Waals surface area contributed by atoms with Crippen molar-refractivity contribution in [3.05, 3.63) is 157 Å². The molecule has 2 heterocycles. The lowest BCUT2D eigenvalue weighted by atomic mass is 9.56. The van der Waals surface area contributed by atoms with Crippen molar-refractivity contribution in [2.24, 2.45) is 0 Å². The van der Waals surface area contributed by atoms with Gasteiger partial charge in [0, 0.05) is 39.1 Å². The number of hydrogen-bond donors (Lipinski definition) is 1. The Labute approximate surface area is 327 Å². The second-order valence-corrected chi connectivity index (χ2v) is 17.6. The summed E-state index contributed by atoms with van der Waals surface area (Å²) < 4.78 is 0. The van der Waals surface area contributed by atoms with E-state index < -0.39 is 0 Å². The first-order chi connectivity index (χ1) is 26.6. The van der Waals surface area contributed by atoms with E-state index in [9.17, 15) is 0 Å². The van der Waals surface area contributed by atoms with Gasteiger partial charge in [-0.05, 0) is 99.2 Å². The second-order valence-electron chi connectivity index (χ2n) is 17.6. The van der Waals surface area contributed by atoms with E-state index in [1.54, 1.807) is 5.56 Å². The molecule has 1 fully saturated rings. The van der Waals surface area contributed by atoms with E-state index in [0.717, 1.165) is 11.4 Å². The summed E-state index contributed by atoms with van der Waals surface area (Å²) in [5.74, 6) is 0. The van der Waals surface area contributed by atoms with Crippen LogP contribution in [0.1, 0.15) is 71.4 Å². The van der Waals surface area contributed by atoms with E-state index in [2.05, 4.69) is 198 Å². The maximum absolute atomic E-state index is 3.93. The maximum Gasteiger partial charge on any atom is 0.197 e. The molecule has 1 aliphatic carbocycles. The molecule has 2 nitrogen and oxygen atoms in total. The zero-order valence-electron chi connectivity index (χ0n) is 32.7. The molecular weight excluding hydrogens is 663 g/mol. The first-order valence-electron chi connectivity index (χ1n) is 20.1. The van der Waals surface area contributed by atoms with Crippen LogP contribution in [0.2, 0.25) is 0 Å². The van der Waals surface area contributed by atoms with Gasteiger partial charge in [0.1, 0.15) is 0 Å². The topological polar surface area (TPSA) is 15.3 Å². The number of benzene rings is 7. The van der Waals surface area contributed by atoms with Crippen LogP contribution in [-0.4, -0.2) is 12.8 Å². The van der Waals surface area contributed by atoms with E-state index >= 15 is 0 Å². The smallest absolute Gasteiger partial charge is 0.197 e. The van der Waals surface area contributed by atoms with Gasteiger partial charge in [-0.15, -0.1) is 0 Å². The zero-order valence-corrected chi connectivity index (χ0v) is 32.7. The Morgan fingerprint density at radius 2 is 1.24 bits per heavy atom. The van der Waals surface area contributed by atoms with Crippen LogP contribution < -0.4 is 21.1 Å². The SMILES string of the molecule is CC(C)(C)c1cc2c3c(c1)C1(C)CCCCC1(C)N3c1c(c(-c3ccc(-c4ccccc4)cc3Nc3ccc(-c4ccccc4)cc3)cc3ccccc13)[B]2.